The van der Waals surface area contributed by atoms with Crippen molar-refractivity contribution < 1.29 is 20.4 Å². The summed E-state index contributed by atoms with van der Waals surface area (Å²) in [6, 6.07) is 0. The predicted octanol–water partition coefficient (Wildman–Crippen LogP) is 0.940. The minimum atomic E-state index is -3.71. The van der Waals surface area contributed by atoms with Gasteiger partial charge >= 0.3 is 120 Å². The van der Waals surface area contributed by atoms with Crippen LogP contribution in [0.2, 0.25) is 0 Å². The first-order valence-corrected chi connectivity index (χ1v) is 11.2. The summed E-state index contributed by atoms with van der Waals surface area (Å²) in [6.07, 6.45) is 0. The standard InChI is InChI=1S/C8H12Cl4O4Se/c9-5(1-13)7(3-15)17(11,12)8(4-16)6(10)2-14/h13-16H,1-4H2/b7-5+,8-6+. The molecule has 0 unspecified atom stereocenters. The van der Waals surface area contributed by atoms with E-state index in [1.807, 2.05) is 0 Å². The summed E-state index contributed by atoms with van der Waals surface area (Å²) in [7, 11) is 12.2. The van der Waals surface area contributed by atoms with Crippen LogP contribution in [-0.4, -0.2) is 57.9 Å². The molecular weight excluding hydrogens is 381 g/mol. The molecule has 0 heterocycles. The summed E-state index contributed by atoms with van der Waals surface area (Å²) in [4.78, 5) is 0. The van der Waals surface area contributed by atoms with Crippen molar-refractivity contribution in [2.75, 3.05) is 26.4 Å². The number of hydrogen-bond donors (Lipinski definition) is 4. The number of hydrogen-bond acceptors (Lipinski definition) is 4. The molecule has 0 fully saturated rings. The summed E-state index contributed by atoms with van der Waals surface area (Å²) >= 11 is 7.68. The molecular formula is C8H12Cl4O4Se. The summed E-state index contributed by atoms with van der Waals surface area (Å²) in [5.74, 6) is 0. The third kappa shape index (κ3) is 4.55. The van der Waals surface area contributed by atoms with Crippen molar-refractivity contribution in [3.05, 3.63) is 19.0 Å². The minimum absolute atomic E-state index is 0.0457. The van der Waals surface area contributed by atoms with E-state index in [1.54, 1.807) is 0 Å². The van der Waals surface area contributed by atoms with Gasteiger partial charge in [0.1, 0.15) is 0 Å². The van der Waals surface area contributed by atoms with E-state index in [0.717, 1.165) is 0 Å². The molecule has 9 heteroatoms. The van der Waals surface area contributed by atoms with Gasteiger partial charge in [-0.1, -0.05) is 0 Å². The first-order valence-electron chi connectivity index (χ1n) is 4.27. The Morgan fingerprint density at radius 2 is 1.00 bits per heavy atom. The summed E-state index contributed by atoms with van der Waals surface area (Å²) in [6.45, 7) is -2.20. The van der Waals surface area contributed by atoms with Crippen molar-refractivity contribution in [1.82, 2.24) is 0 Å². The molecule has 4 N–H and O–H groups in total. The number of aliphatic hydroxyl groups excluding tert-OH is 4. The van der Waals surface area contributed by atoms with Crippen LogP contribution in [0.15, 0.2) is 19.0 Å². The number of aliphatic hydroxyl groups is 4. The quantitative estimate of drug-likeness (QED) is 0.507. The van der Waals surface area contributed by atoms with Gasteiger partial charge in [-0.2, -0.15) is 0 Å². The molecule has 0 bridgehead atoms. The second kappa shape index (κ2) is 8.23. The van der Waals surface area contributed by atoms with Crippen LogP contribution in [0, 0.1) is 0 Å². The van der Waals surface area contributed by atoms with E-state index in [4.69, 9.17) is 63.8 Å². The maximum atomic E-state index is 9.17. The van der Waals surface area contributed by atoms with Gasteiger partial charge in [-0.3, -0.25) is 0 Å². The van der Waals surface area contributed by atoms with E-state index in [0.29, 0.717) is 0 Å². The van der Waals surface area contributed by atoms with Crippen LogP contribution in [0.1, 0.15) is 0 Å². The molecule has 0 amide bonds. The van der Waals surface area contributed by atoms with Crippen molar-refractivity contribution in [2.45, 2.75) is 0 Å². The van der Waals surface area contributed by atoms with Gasteiger partial charge in [-0.15, -0.1) is 0 Å². The Balaban J connectivity index is 5.66. The second-order valence-electron chi connectivity index (χ2n) is 2.76. The van der Waals surface area contributed by atoms with Gasteiger partial charge in [0.2, 0.25) is 0 Å². The maximum absolute atomic E-state index is 9.17. The van der Waals surface area contributed by atoms with Crippen molar-refractivity contribution in [2.24, 2.45) is 0 Å². The molecule has 0 aromatic rings. The molecule has 0 saturated carbocycles. The SMILES string of the molecule is OC/C(Cl)=C(/CO)[Se](Cl)(Cl)/C(CO)=C(/Cl)CO. The van der Waals surface area contributed by atoms with E-state index in [-0.39, 0.29) is 19.0 Å². The van der Waals surface area contributed by atoms with Gasteiger partial charge in [0.25, 0.3) is 0 Å². The third-order valence-corrected chi connectivity index (χ3v) is 11.0. The van der Waals surface area contributed by atoms with Gasteiger partial charge in [0.15, 0.2) is 0 Å². The van der Waals surface area contributed by atoms with Gasteiger partial charge in [-0.05, 0) is 0 Å². The van der Waals surface area contributed by atoms with Crippen molar-refractivity contribution >= 4 is 54.4 Å². The summed E-state index contributed by atoms with van der Waals surface area (Å²) in [5, 5.41) is 35.9. The normalized spacial score (nSPS) is 16.5. The molecule has 17 heavy (non-hydrogen) atoms. The van der Waals surface area contributed by atoms with Crippen molar-refractivity contribution in [3.8, 4) is 0 Å². The van der Waals surface area contributed by atoms with Crippen LogP contribution < -0.4 is 0 Å². The van der Waals surface area contributed by atoms with E-state index < -0.39 is 37.4 Å². The molecule has 0 atom stereocenters. The molecule has 0 aromatic heterocycles. The molecule has 0 saturated heterocycles. The number of halogens is 4. The average molecular weight is 393 g/mol. The Hall–Kier alpha value is 0.999. The Bertz CT molecular complexity index is 299. The summed E-state index contributed by atoms with van der Waals surface area (Å²) in [5.41, 5.74) is 0. The first kappa shape index (κ1) is 18.0. The topological polar surface area (TPSA) is 80.9 Å². The van der Waals surface area contributed by atoms with E-state index in [2.05, 4.69) is 0 Å². The van der Waals surface area contributed by atoms with Crippen LogP contribution in [0.4, 0.5) is 0 Å². The zero-order valence-corrected chi connectivity index (χ0v) is 13.3. The van der Waals surface area contributed by atoms with E-state index in [1.165, 1.54) is 0 Å². The van der Waals surface area contributed by atoms with Crippen LogP contribution in [0.3, 0.4) is 0 Å². The molecule has 0 radical (unpaired) electrons. The van der Waals surface area contributed by atoms with Gasteiger partial charge in [0, 0.05) is 0 Å². The fourth-order valence-electron chi connectivity index (χ4n) is 0.937. The predicted molar refractivity (Wildman–Crippen MR) is 71.6 cm³/mol. The van der Waals surface area contributed by atoms with Gasteiger partial charge in [-0.25, -0.2) is 0 Å². The fraction of sp³-hybridized carbons (Fsp3) is 0.500. The van der Waals surface area contributed by atoms with Crippen LogP contribution in [0.5, 0.6) is 0 Å². The second-order valence-corrected chi connectivity index (χ2v) is 13.3. The fourth-order valence-corrected chi connectivity index (χ4v) is 8.77. The van der Waals surface area contributed by atoms with E-state index >= 15 is 0 Å². The molecule has 0 aliphatic heterocycles. The monoisotopic (exact) mass is 392 g/mol. The molecule has 0 rings (SSSR count). The van der Waals surface area contributed by atoms with Crippen molar-refractivity contribution in [1.29, 1.82) is 0 Å². The van der Waals surface area contributed by atoms with Gasteiger partial charge < -0.3 is 0 Å². The van der Waals surface area contributed by atoms with Crippen LogP contribution in [0.25, 0.3) is 0 Å². The Labute approximate surface area is 120 Å². The Kier molecular flexibility index (Phi) is 8.71. The molecule has 0 aromatic carbocycles. The van der Waals surface area contributed by atoms with Crippen molar-refractivity contribution in [3.63, 3.8) is 0 Å². The molecule has 0 spiro atoms. The van der Waals surface area contributed by atoms with Crippen LogP contribution >= 0.6 is 43.4 Å². The third-order valence-electron chi connectivity index (χ3n) is 1.79. The Morgan fingerprint density at radius 3 is 1.18 bits per heavy atom. The van der Waals surface area contributed by atoms with Gasteiger partial charge in [0.05, 0.1) is 0 Å². The zero-order valence-electron chi connectivity index (χ0n) is 8.54. The molecule has 102 valence electrons. The first-order chi connectivity index (χ1) is 7.86. The summed E-state index contributed by atoms with van der Waals surface area (Å²) < 4.78 is 0.0915. The molecule has 0 aliphatic rings. The number of rotatable bonds is 6. The molecule has 4 nitrogen and oxygen atoms in total. The zero-order chi connectivity index (χ0) is 13.6. The van der Waals surface area contributed by atoms with E-state index in [9.17, 15) is 0 Å². The average Bonchev–Trinajstić information content (AvgIpc) is 2.29. The van der Waals surface area contributed by atoms with Crippen LogP contribution in [-0.2, 0) is 0 Å². The Morgan fingerprint density at radius 1 is 0.706 bits per heavy atom. The molecule has 0 aliphatic carbocycles.